The zero-order valence-corrected chi connectivity index (χ0v) is 12.0. The van der Waals surface area contributed by atoms with Crippen molar-refractivity contribution in [3.63, 3.8) is 0 Å². The topological polar surface area (TPSA) is 51.8 Å². The minimum absolute atomic E-state index is 0. The van der Waals surface area contributed by atoms with E-state index in [1.165, 1.54) is 0 Å². The molecule has 0 atom stereocenters. The van der Waals surface area contributed by atoms with Crippen molar-refractivity contribution in [3.05, 3.63) is 47.4 Å². The normalized spacial score (nSPS) is 9.28. The van der Waals surface area contributed by atoms with E-state index in [1.807, 2.05) is 31.5 Å². The van der Waals surface area contributed by atoms with E-state index in [0.717, 1.165) is 28.1 Å². The van der Waals surface area contributed by atoms with Gasteiger partial charge in [-0.1, -0.05) is 6.07 Å². The van der Waals surface area contributed by atoms with Crippen LogP contribution in [0.2, 0.25) is 0 Å². The van der Waals surface area contributed by atoms with Crippen molar-refractivity contribution in [1.29, 1.82) is 0 Å². The SMILES string of the molecule is Cc1cc(-c2ncc(CN)cc2C)ccn1.Cl.Cl. The van der Waals surface area contributed by atoms with Crippen LogP contribution in [-0.2, 0) is 6.54 Å². The highest BCUT2D eigenvalue weighted by atomic mass is 35.5. The summed E-state index contributed by atoms with van der Waals surface area (Å²) in [6, 6.07) is 6.10. The lowest BCUT2D eigenvalue weighted by Crippen LogP contribution is -1.99. The van der Waals surface area contributed by atoms with Crippen LogP contribution in [0.1, 0.15) is 16.8 Å². The number of nitrogens with two attached hydrogens (primary N) is 1. The summed E-state index contributed by atoms with van der Waals surface area (Å²) in [6.45, 7) is 4.56. The number of aryl methyl sites for hydroxylation is 2. The molecule has 2 rings (SSSR count). The van der Waals surface area contributed by atoms with Crippen molar-refractivity contribution in [2.45, 2.75) is 20.4 Å². The largest absolute Gasteiger partial charge is 0.326 e. The van der Waals surface area contributed by atoms with Crippen LogP contribution in [0.3, 0.4) is 0 Å². The molecule has 0 aliphatic rings. The van der Waals surface area contributed by atoms with Gasteiger partial charge in [0.05, 0.1) is 5.69 Å². The fraction of sp³-hybridized carbons (Fsp3) is 0.231. The Morgan fingerprint density at radius 3 is 2.39 bits per heavy atom. The molecule has 98 valence electrons. The third-order valence-corrected chi connectivity index (χ3v) is 2.54. The van der Waals surface area contributed by atoms with E-state index in [0.29, 0.717) is 6.54 Å². The number of pyridine rings is 2. The van der Waals surface area contributed by atoms with Gasteiger partial charge < -0.3 is 5.73 Å². The summed E-state index contributed by atoms with van der Waals surface area (Å²) >= 11 is 0. The molecule has 0 amide bonds. The fourth-order valence-corrected chi connectivity index (χ4v) is 1.74. The van der Waals surface area contributed by atoms with Crippen LogP contribution in [0.4, 0.5) is 0 Å². The molecule has 0 saturated heterocycles. The van der Waals surface area contributed by atoms with Crippen LogP contribution >= 0.6 is 24.8 Å². The second-order valence-electron chi connectivity index (χ2n) is 3.90. The molecule has 0 spiro atoms. The van der Waals surface area contributed by atoms with Crippen molar-refractivity contribution >= 4 is 24.8 Å². The van der Waals surface area contributed by atoms with E-state index in [4.69, 9.17) is 5.73 Å². The molecule has 0 aliphatic carbocycles. The predicted molar refractivity (Wildman–Crippen MR) is 79.3 cm³/mol. The lowest BCUT2D eigenvalue weighted by molar-refractivity contribution is 1.04. The Hall–Kier alpha value is -1.16. The summed E-state index contributed by atoms with van der Waals surface area (Å²) in [5, 5.41) is 0. The molecule has 2 aromatic rings. The number of hydrogen-bond acceptors (Lipinski definition) is 3. The van der Waals surface area contributed by atoms with Gasteiger partial charge in [-0.25, -0.2) is 0 Å². The van der Waals surface area contributed by atoms with Crippen molar-refractivity contribution < 1.29 is 0 Å². The zero-order valence-electron chi connectivity index (χ0n) is 10.4. The van der Waals surface area contributed by atoms with Crippen LogP contribution in [0.15, 0.2) is 30.6 Å². The molecule has 0 unspecified atom stereocenters. The van der Waals surface area contributed by atoms with Crippen LogP contribution < -0.4 is 5.73 Å². The number of aromatic nitrogens is 2. The second-order valence-corrected chi connectivity index (χ2v) is 3.90. The molecule has 18 heavy (non-hydrogen) atoms. The van der Waals surface area contributed by atoms with Gasteiger partial charge in [0.15, 0.2) is 0 Å². The molecule has 0 bridgehead atoms. The first-order chi connectivity index (χ1) is 7.70. The van der Waals surface area contributed by atoms with E-state index in [1.54, 1.807) is 0 Å². The standard InChI is InChI=1S/C13H15N3.2ClH/c1-9-5-11(7-14)8-16-13(9)12-3-4-15-10(2)6-12;;/h3-6,8H,7,14H2,1-2H3;2*1H. The maximum Gasteiger partial charge on any atom is 0.0732 e. The van der Waals surface area contributed by atoms with Crippen LogP contribution in [-0.4, -0.2) is 9.97 Å². The first-order valence-electron chi connectivity index (χ1n) is 5.29. The monoisotopic (exact) mass is 285 g/mol. The summed E-state index contributed by atoms with van der Waals surface area (Å²) in [4.78, 5) is 8.63. The summed E-state index contributed by atoms with van der Waals surface area (Å²) < 4.78 is 0. The van der Waals surface area contributed by atoms with Crippen molar-refractivity contribution in [2.24, 2.45) is 5.73 Å². The van der Waals surface area contributed by atoms with Gasteiger partial charge >= 0.3 is 0 Å². The molecule has 3 nitrogen and oxygen atoms in total. The molecule has 0 radical (unpaired) electrons. The molecule has 0 saturated carbocycles. The lowest BCUT2D eigenvalue weighted by Gasteiger charge is -2.07. The van der Waals surface area contributed by atoms with Gasteiger partial charge in [-0.15, -0.1) is 24.8 Å². The molecule has 2 heterocycles. The average molecular weight is 286 g/mol. The van der Waals surface area contributed by atoms with Gasteiger partial charge in [0, 0.05) is 30.2 Å². The van der Waals surface area contributed by atoms with Crippen molar-refractivity contribution in [2.75, 3.05) is 0 Å². The maximum absolute atomic E-state index is 5.58. The highest BCUT2D eigenvalue weighted by Crippen LogP contribution is 2.21. The third kappa shape index (κ3) is 3.67. The second kappa shape index (κ2) is 7.31. The quantitative estimate of drug-likeness (QED) is 0.923. The van der Waals surface area contributed by atoms with E-state index >= 15 is 0 Å². The molecule has 5 heteroatoms. The van der Waals surface area contributed by atoms with Gasteiger partial charge in [-0.05, 0) is 37.1 Å². The van der Waals surface area contributed by atoms with Crippen molar-refractivity contribution in [1.82, 2.24) is 9.97 Å². The van der Waals surface area contributed by atoms with E-state index in [9.17, 15) is 0 Å². The van der Waals surface area contributed by atoms with Crippen LogP contribution in [0, 0.1) is 13.8 Å². The average Bonchev–Trinajstić information content (AvgIpc) is 2.28. The lowest BCUT2D eigenvalue weighted by atomic mass is 10.1. The summed E-state index contributed by atoms with van der Waals surface area (Å²) in [5.41, 5.74) is 10.9. The van der Waals surface area contributed by atoms with Gasteiger partial charge in [0.25, 0.3) is 0 Å². The number of hydrogen-bond donors (Lipinski definition) is 1. The van der Waals surface area contributed by atoms with Crippen LogP contribution in [0.25, 0.3) is 11.3 Å². The fourth-order valence-electron chi connectivity index (χ4n) is 1.74. The molecule has 0 aromatic carbocycles. The minimum Gasteiger partial charge on any atom is -0.326 e. The molecular formula is C13H17Cl2N3. The Labute approximate surface area is 120 Å². The maximum atomic E-state index is 5.58. The molecule has 0 aliphatic heterocycles. The number of nitrogens with zero attached hydrogens (tertiary/aromatic N) is 2. The zero-order chi connectivity index (χ0) is 11.5. The first-order valence-corrected chi connectivity index (χ1v) is 5.29. The summed E-state index contributed by atoms with van der Waals surface area (Å²) in [5.74, 6) is 0. The van der Waals surface area contributed by atoms with Crippen molar-refractivity contribution in [3.8, 4) is 11.3 Å². The van der Waals surface area contributed by atoms with E-state index in [-0.39, 0.29) is 24.8 Å². The van der Waals surface area contributed by atoms with Gasteiger partial charge in [-0.2, -0.15) is 0 Å². The summed E-state index contributed by atoms with van der Waals surface area (Å²) in [7, 11) is 0. The minimum atomic E-state index is 0. The molecule has 2 aromatic heterocycles. The Morgan fingerprint density at radius 2 is 1.83 bits per heavy atom. The highest BCUT2D eigenvalue weighted by molar-refractivity contribution is 5.85. The van der Waals surface area contributed by atoms with Gasteiger partial charge in [-0.3, -0.25) is 9.97 Å². The Kier molecular flexibility index (Phi) is 6.84. The molecular weight excluding hydrogens is 269 g/mol. The Balaban J connectivity index is 0.00000144. The Morgan fingerprint density at radius 1 is 1.11 bits per heavy atom. The molecule has 2 N–H and O–H groups in total. The highest BCUT2D eigenvalue weighted by Gasteiger charge is 2.04. The van der Waals surface area contributed by atoms with Gasteiger partial charge in [0.2, 0.25) is 0 Å². The number of halogens is 2. The smallest absolute Gasteiger partial charge is 0.0732 e. The Bertz CT molecular complexity index is 515. The summed E-state index contributed by atoms with van der Waals surface area (Å²) in [6.07, 6.45) is 3.64. The van der Waals surface area contributed by atoms with E-state index < -0.39 is 0 Å². The number of rotatable bonds is 2. The van der Waals surface area contributed by atoms with Crippen LogP contribution in [0.5, 0.6) is 0 Å². The first kappa shape index (κ1) is 16.8. The van der Waals surface area contributed by atoms with Gasteiger partial charge in [0.1, 0.15) is 0 Å². The molecule has 0 fully saturated rings. The third-order valence-electron chi connectivity index (χ3n) is 2.54. The van der Waals surface area contributed by atoms with E-state index in [2.05, 4.69) is 23.0 Å². The predicted octanol–water partition coefficient (Wildman–Crippen LogP) is 3.06.